The number of rotatable bonds is 7. The van der Waals surface area contributed by atoms with Crippen LogP contribution in [0.25, 0.3) is 5.76 Å². The van der Waals surface area contributed by atoms with E-state index in [2.05, 4.69) is 4.98 Å². The number of aliphatic hydroxyl groups excluding tert-OH is 1. The number of benzene rings is 2. The van der Waals surface area contributed by atoms with E-state index in [9.17, 15) is 14.7 Å². The fourth-order valence-electron chi connectivity index (χ4n) is 4.39. The molecule has 7 nitrogen and oxygen atoms in total. The predicted molar refractivity (Wildman–Crippen MR) is 132 cm³/mol. The van der Waals surface area contributed by atoms with Crippen molar-refractivity contribution in [2.75, 3.05) is 14.2 Å². The van der Waals surface area contributed by atoms with Gasteiger partial charge in [-0.1, -0.05) is 38.1 Å². The van der Waals surface area contributed by atoms with Crippen molar-refractivity contribution in [3.05, 3.63) is 94.8 Å². The van der Waals surface area contributed by atoms with Gasteiger partial charge in [-0.3, -0.25) is 14.6 Å². The van der Waals surface area contributed by atoms with E-state index in [0.717, 1.165) is 11.1 Å². The predicted octanol–water partition coefficient (Wildman–Crippen LogP) is 4.84. The topological polar surface area (TPSA) is 89.0 Å². The maximum absolute atomic E-state index is 13.3. The molecule has 3 aromatic rings. The van der Waals surface area contributed by atoms with E-state index >= 15 is 0 Å². The zero-order chi connectivity index (χ0) is 25.1. The summed E-state index contributed by atoms with van der Waals surface area (Å²) in [5, 5.41) is 11.4. The number of amides is 1. The second-order valence-electron chi connectivity index (χ2n) is 8.60. The van der Waals surface area contributed by atoms with Gasteiger partial charge in [0.2, 0.25) is 0 Å². The summed E-state index contributed by atoms with van der Waals surface area (Å²) in [6.45, 7) is 4.15. The Bertz CT molecular complexity index is 1280. The minimum absolute atomic E-state index is 0.00321. The molecule has 1 aliphatic rings. The van der Waals surface area contributed by atoms with Crippen LogP contribution in [-0.4, -0.2) is 40.9 Å². The summed E-state index contributed by atoms with van der Waals surface area (Å²) in [5.41, 5.74) is 2.55. The van der Waals surface area contributed by atoms with Gasteiger partial charge in [0.1, 0.15) is 23.3 Å². The molecule has 1 aliphatic heterocycles. The van der Waals surface area contributed by atoms with Crippen LogP contribution in [0.4, 0.5) is 0 Å². The summed E-state index contributed by atoms with van der Waals surface area (Å²) < 4.78 is 10.9. The van der Waals surface area contributed by atoms with Gasteiger partial charge in [0, 0.05) is 17.3 Å². The van der Waals surface area contributed by atoms with E-state index < -0.39 is 17.7 Å². The molecule has 1 saturated heterocycles. The molecule has 2 heterocycles. The van der Waals surface area contributed by atoms with E-state index in [0.29, 0.717) is 22.8 Å². The van der Waals surface area contributed by atoms with Crippen molar-refractivity contribution in [1.29, 1.82) is 0 Å². The van der Waals surface area contributed by atoms with E-state index in [1.54, 1.807) is 62.9 Å². The Hall–Kier alpha value is -4.13. The molecule has 4 rings (SSSR count). The molecule has 180 valence electrons. The van der Waals surface area contributed by atoms with Crippen LogP contribution in [0.2, 0.25) is 0 Å². The minimum Gasteiger partial charge on any atom is -0.507 e. The first-order valence-corrected chi connectivity index (χ1v) is 11.4. The lowest BCUT2D eigenvalue weighted by molar-refractivity contribution is -0.140. The van der Waals surface area contributed by atoms with Gasteiger partial charge in [-0.05, 0) is 47.9 Å². The van der Waals surface area contributed by atoms with Gasteiger partial charge >= 0.3 is 0 Å². The number of aromatic nitrogens is 1. The molecule has 1 unspecified atom stereocenters. The first-order chi connectivity index (χ1) is 16.9. The number of ketones is 1. The van der Waals surface area contributed by atoms with Crippen molar-refractivity contribution in [2.45, 2.75) is 32.4 Å². The van der Waals surface area contributed by atoms with E-state index in [-0.39, 0.29) is 23.8 Å². The van der Waals surface area contributed by atoms with Crippen molar-refractivity contribution in [3.8, 4) is 11.5 Å². The summed E-state index contributed by atoms with van der Waals surface area (Å²) in [5.74, 6) is -0.288. The fourth-order valence-corrected chi connectivity index (χ4v) is 4.39. The van der Waals surface area contributed by atoms with Gasteiger partial charge in [-0.2, -0.15) is 0 Å². The van der Waals surface area contributed by atoms with Crippen LogP contribution in [0.3, 0.4) is 0 Å². The number of carbonyl (C=O) groups excluding carboxylic acids is 2. The standard InChI is InChI=1S/C28H28N2O5/c1-17(2)20-15-18(12-13-23(20)35-4)26(31)24-25(21-10-7-8-14-29-21)30(28(33)27(24)32)16-19-9-5-6-11-22(19)34-3/h5-15,17,25,31H,16H2,1-4H3/b26-24-. The molecule has 0 spiro atoms. The van der Waals surface area contributed by atoms with E-state index in [4.69, 9.17) is 9.47 Å². The lowest BCUT2D eigenvalue weighted by atomic mass is 9.94. The molecule has 1 aromatic heterocycles. The highest BCUT2D eigenvalue weighted by molar-refractivity contribution is 6.46. The first-order valence-electron chi connectivity index (χ1n) is 11.4. The summed E-state index contributed by atoms with van der Waals surface area (Å²) in [4.78, 5) is 32.4. The van der Waals surface area contributed by atoms with E-state index in [1.165, 1.54) is 4.90 Å². The zero-order valence-electron chi connectivity index (χ0n) is 20.2. The average molecular weight is 473 g/mol. The first kappa shape index (κ1) is 24.0. The molecular weight excluding hydrogens is 444 g/mol. The Morgan fingerprint density at radius 2 is 1.71 bits per heavy atom. The molecule has 0 bridgehead atoms. The molecule has 35 heavy (non-hydrogen) atoms. The van der Waals surface area contributed by atoms with E-state index in [1.807, 2.05) is 32.0 Å². The number of pyridine rings is 1. The van der Waals surface area contributed by atoms with Crippen LogP contribution < -0.4 is 9.47 Å². The zero-order valence-corrected chi connectivity index (χ0v) is 20.2. The van der Waals surface area contributed by atoms with Gasteiger partial charge in [0.15, 0.2) is 0 Å². The molecule has 1 N–H and O–H groups in total. The number of aliphatic hydroxyl groups is 1. The summed E-state index contributed by atoms with van der Waals surface area (Å²) in [6.07, 6.45) is 1.60. The van der Waals surface area contributed by atoms with Gasteiger partial charge in [0.05, 0.1) is 32.0 Å². The number of methoxy groups -OCH3 is 2. The third-order valence-electron chi connectivity index (χ3n) is 6.17. The number of likely N-dealkylation sites (tertiary alicyclic amines) is 1. The van der Waals surface area contributed by atoms with Gasteiger partial charge < -0.3 is 19.5 Å². The molecule has 7 heteroatoms. The van der Waals surface area contributed by atoms with Gasteiger partial charge in [-0.15, -0.1) is 0 Å². The maximum atomic E-state index is 13.3. The molecule has 0 saturated carbocycles. The van der Waals surface area contributed by atoms with Crippen molar-refractivity contribution in [1.82, 2.24) is 9.88 Å². The van der Waals surface area contributed by atoms with Crippen LogP contribution >= 0.6 is 0 Å². The summed E-state index contributed by atoms with van der Waals surface area (Å²) in [6, 6.07) is 17.0. The number of ether oxygens (including phenoxy) is 2. The van der Waals surface area contributed by atoms with Crippen LogP contribution in [0.15, 0.2) is 72.4 Å². The molecule has 1 fully saturated rings. The minimum atomic E-state index is -0.856. The lowest BCUT2D eigenvalue weighted by Gasteiger charge is -2.25. The number of carbonyl (C=O) groups is 2. The Balaban J connectivity index is 1.87. The average Bonchev–Trinajstić information content (AvgIpc) is 3.13. The molecule has 1 amide bonds. The van der Waals surface area contributed by atoms with Crippen molar-refractivity contribution >= 4 is 17.4 Å². The number of nitrogens with zero attached hydrogens (tertiary/aromatic N) is 2. The number of hydrogen-bond acceptors (Lipinski definition) is 6. The Morgan fingerprint density at radius 1 is 1.00 bits per heavy atom. The van der Waals surface area contributed by atoms with Crippen molar-refractivity contribution < 1.29 is 24.2 Å². The second-order valence-corrected chi connectivity index (χ2v) is 8.60. The lowest BCUT2D eigenvalue weighted by Crippen LogP contribution is -2.29. The summed E-state index contributed by atoms with van der Waals surface area (Å²) in [7, 11) is 3.14. The summed E-state index contributed by atoms with van der Waals surface area (Å²) >= 11 is 0. The molecular formula is C28H28N2O5. The Morgan fingerprint density at radius 3 is 2.37 bits per heavy atom. The van der Waals surface area contributed by atoms with Crippen LogP contribution in [0, 0.1) is 0 Å². The fraction of sp³-hybridized carbons (Fsp3) is 0.250. The molecule has 1 atom stereocenters. The molecule has 2 aromatic carbocycles. The Labute approximate surface area is 204 Å². The smallest absolute Gasteiger partial charge is 0.296 e. The van der Waals surface area contributed by atoms with Crippen LogP contribution in [0.5, 0.6) is 11.5 Å². The third kappa shape index (κ3) is 4.49. The second kappa shape index (κ2) is 10.0. The van der Waals surface area contributed by atoms with Crippen LogP contribution in [0.1, 0.15) is 48.2 Å². The van der Waals surface area contributed by atoms with Gasteiger partial charge in [-0.25, -0.2) is 0 Å². The molecule has 0 aliphatic carbocycles. The highest BCUT2D eigenvalue weighted by atomic mass is 16.5. The monoisotopic (exact) mass is 472 g/mol. The van der Waals surface area contributed by atoms with Crippen molar-refractivity contribution in [2.24, 2.45) is 0 Å². The maximum Gasteiger partial charge on any atom is 0.296 e. The largest absolute Gasteiger partial charge is 0.507 e. The van der Waals surface area contributed by atoms with Gasteiger partial charge in [0.25, 0.3) is 11.7 Å². The third-order valence-corrected chi connectivity index (χ3v) is 6.17. The number of Topliss-reactive ketones (excluding diaryl/α,β-unsaturated/α-hetero) is 1. The Kier molecular flexibility index (Phi) is 6.87. The molecule has 0 radical (unpaired) electrons. The van der Waals surface area contributed by atoms with Crippen LogP contribution in [-0.2, 0) is 16.1 Å². The quantitative estimate of drug-likeness (QED) is 0.301. The highest BCUT2D eigenvalue weighted by Gasteiger charge is 2.47. The number of hydrogen-bond donors (Lipinski definition) is 1. The SMILES string of the molecule is COc1ccccc1CN1C(=O)C(=O)/C(=C(\O)c2ccc(OC)c(C(C)C)c2)C1c1ccccn1. The highest BCUT2D eigenvalue weighted by Crippen LogP contribution is 2.41. The van der Waals surface area contributed by atoms with Crippen molar-refractivity contribution in [3.63, 3.8) is 0 Å². The normalized spacial score (nSPS) is 17.2. The number of para-hydroxylation sites is 1.